The Morgan fingerprint density at radius 3 is 2.36 bits per heavy atom. The highest BCUT2D eigenvalue weighted by molar-refractivity contribution is 5.90. The number of hydrogen-bond donors (Lipinski definition) is 2. The van der Waals surface area contributed by atoms with Crippen LogP contribution in [-0.4, -0.2) is 21.1 Å². The van der Waals surface area contributed by atoms with E-state index in [1.807, 2.05) is 37.3 Å². The Kier molecular flexibility index (Phi) is 3.96. The molecule has 0 saturated carbocycles. The van der Waals surface area contributed by atoms with Crippen molar-refractivity contribution in [3.8, 4) is 11.1 Å². The number of aromatic amines is 1. The van der Waals surface area contributed by atoms with Crippen LogP contribution >= 0.6 is 0 Å². The maximum Gasteiger partial charge on any atom is 0.289 e. The van der Waals surface area contributed by atoms with Crippen LogP contribution < -0.4 is 5.32 Å². The van der Waals surface area contributed by atoms with Crippen LogP contribution in [0.15, 0.2) is 60.9 Å². The molecule has 0 radical (unpaired) electrons. The van der Waals surface area contributed by atoms with E-state index in [1.54, 1.807) is 0 Å². The first-order chi connectivity index (χ1) is 10.7. The number of carbonyl (C=O) groups excluding carboxylic acids is 1. The van der Waals surface area contributed by atoms with Crippen LogP contribution in [0, 0.1) is 0 Å². The van der Waals surface area contributed by atoms with Crippen LogP contribution in [0.1, 0.15) is 29.1 Å². The molecule has 2 aromatic carbocycles. The molecule has 0 fully saturated rings. The Labute approximate surface area is 128 Å². The van der Waals surface area contributed by atoms with Gasteiger partial charge in [0.05, 0.1) is 6.04 Å². The van der Waals surface area contributed by atoms with E-state index >= 15 is 0 Å². The average molecular weight is 292 g/mol. The zero-order valence-electron chi connectivity index (χ0n) is 12.2. The van der Waals surface area contributed by atoms with Gasteiger partial charge < -0.3 is 5.32 Å². The highest BCUT2D eigenvalue weighted by Gasteiger charge is 2.13. The van der Waals surface area contributed by atoms with Gasteiger partial charge in [0.25, 0.3) is 5.91 Å². The number of carbonyl (C=O) groups is 1. The van der Waals surface area contributed by atoms with E-state index in [-0.39, 0.29) is 17.8 Å². The summed E-state index contributed by atoms with van der Waals surface area (Å²) in [7, 11) is 0. The summed E-state index contributed by atoms with van der Waals surface area (Å²) in [6, 6.07) is 18.2. The van der Waals surface area contributed by atoms with Crippen molar-refractivity contribution < 1.29 is 4.79 Å². The molecule has 22 heavy (non-hydrogen) atoms. The van der Waals surface area contributed by atoms with Gasteiger partial charge in [-0.1, -0.05) is 54.6 Å². The highest BCUT2D eigenvalue weighted by Crippen LogP contribution is 2.21. The van der Waals surface area contributed by atoms with Gasteiger partial charge in [-0.2, -0.15) is 5.10 Å². The summed E-state index contributed by atoms with van der Waals surface area (Å²) in [5.41, 5.74) is 3.36. The van der Waals surface area contributed by atoms with E-state index in [0.717, 1.165) is 11.1 Å². The van der Waals surface area contributed by atoms with Gasteiger partial charge in [0.2, 0.25) is 5.82 Å². The second-order valence-corrected chi connectivity index (χ2v) is 5.02. The second kappa shape index (κ2) is 6.22. The number of amides is 1. The van der Waals surface area contributed by atoms with E-state index in [1.165, 1.54) is 11.9 Å². The third-order valence-electron chi connectivity index (χ3n) is 3.50. The number of H-pyrrole nitrogens is 1. The van der Waals surface area contributed by atoms with Crippen LogP contribution in [0.5, 0.6) is 0 Å². The Bertz CT molecular complexity index is 736. The summed E-state index contributed by atoms with van der Waals surface area (Å²) in [4.78, 5) is 15.8. The topological polar surface area (TPSA) is 70.7 Å². The molecular weight excluding hydrogens is 276 g/mol. The number of rotatable bonds is 4. The van der Waals surface area contributed by atoms with Gasteiger partial charge in [-0.05, 0) is 23.6 Å². The Morgan fingerprint density at radius 1 is 1.05 bits per heavy atom. The summed E-state index contributed by atoms with van der Waals surface area (Å²) in [5.74, 6) is -0.0510. The van der Waals surface area contributed by atoms with E-state index in [2.05, 4.69) is 44.8 Å². The molecule has 1 atom stereocenters. The molecule has 3 rings (SSSR count). The maximum atomic E-state index is 11.9. The van der Waals surface area contributed by atoms with Crippen LogP contribution in [0.25, 0.3) is 11.1 Å². The molecule has 1 aromatic heterocycles. The molecule has 0 saturated heterocycles. The number of aromatic nitrogens is 3. The predicted molar refractivity (Wildman–Crippen MR) is 84.1 cm³/mol. The fourth-order valence-electron chi connectivity index (χ4n) is 2.26. The first-order valence-corrected chi connectivity index (χ1v) is 7.05. The number of nitrogens with one attached hydrogen (secondary N) is 2. The number of hydrogen-bond acceptors (Lipinski definition) is 3. The first kappa shape index (κ1) is 14.0. The standard InChI is InChI=1S/C17H16N4O/c1-12(20-17(22)16-18-11-19-21-16)13-7-9-15(10-8-13)14-5-3-2-4-6-14/h2-12H,1H3,(H,20,22)(H,18,19,21). The lowest BCUT2D eigenvalue weighted by Gasteiger charge is -2.14. The Hall–Kier alpha value is -2.95. The first-order valence-electron chi connectivity index (χ1n) is 7.05. The molecule has 0 spiro atoms. The van der Waals surface area contributed by atoms with E-state index in [9.17, 15) is 4.79 Å². The van der Waals surface area contributed by atoms with E-state index in [4.69, 9.17) is 0 Å². The SMILES string of the molecule is CC(NC(=O)c1ncn[nH]1)c1ccc(-c2ccccc2)cc1. The zero-order valence-corrected chi connectivity index (χ0v) is 12.2. The molecule has 0 aliphatic rings. The zero-order chi connectivity index (χ0) is 15.4. The van der Waals surface area contributed by atoms with Gasteiger partial charge >= 0.3 is 0 Å². The lowest BCUT2D eigenvalue weighted by molar-refractivity contribution is 0.0930. The minimum absolute atomic E-state index is 0.109. The quantitative estimate of drug-likeness (QED) is 0.776. The largest absolute Gasteiger partial charge is 0.343 e. The van der Waals surface area contributed by atoms with Crippen molar-refractivity contribution >= 4 is 5.91 Å². The van der Waals surface area contributed by atoms with Crippen molar-refractivity contribution in [3.05, 3.63) is 72.3 Å². The summed E-state index contributed by atoms with van der Waals surface area (Å²) >= 11 is 0. The molecule has 1 unspecified atom stereocenters. The van der Waals surface area contributed by atoms with E-state index in [0.29, 0.717) is 0 Å². The van der Waals surface area contributed by atoms with Gasteiger partial charge in [0.15, 0.2) is 0 Å². The minimum Gasteiger partial charge on any atom is -0.343 e. The normalized spacial score (nSPS) is 11.9. The van der Waals surface area contributed by atoms with Crippen LogP contribution in [0.3, 0.4) is 0 Å². The maximum absolute atomic E-state index is 11.9. The van der Waals surface area contributed by atoms with Gasteiger partial charge in [-0.25, -0.2) is 4.98 Å². The summed E-state index contributed by atoms with van der Waals surface area (Å²) < 4.78 is 0. The van der Waals surface area contributed by atoms with Crippen molar-refractivity contribution in [1.82, 2.24) is 20.5 Å². The van der Waals surface area contributed by atoms with Gasteiger partial charge in [-0.15, -0.1) is 0 Å². The third kappa shape index (κ3) is 3.03. The molecular formula is C17H16N4O. The minimum atomic E-state index is -0.267. The molecule has 0 aliphatic carbocycles. The van der Waals surface area contributed by atoms with Crippen LogP contribution in [0.2, 0.25) is 0 Å². The second-order valence-electron chi connectivity index (χ2n) is 5.02. The number of nitrogens with zero attached hydrogens (tertiary/aromatic N) is 2. The smallest absolute Gasteiger partial charge is 0.289 e. The van der Waals surface area contributed by atoms with Gasteiger partial charge in [0.1, 0.15) is 6.33 Å². The monoisotopic (exact) mass is 292 g/mol. The van der Waals surface area contributed by atoms with Gasteiger partial charge in [0, 0.05) is 0 Å². The molecule has 110 valence electrons. The van der Waals surface area contributed by atoms with Crippen LogP contribution in [-0.2, 0) is 0 Å². The lowest BCUT2D eigenvalue weighted by Crippen LogP contribution is -2.27. The summed E-state index contributed by atoms with van der Waals surface area (Å²) in [5, 5.41) is 9.11. The Morgan fingerprint density at radius 2 is 1.73 bits per heavy atom. The van der Waals surface area contributed by atoms with Crippen molar-refractivity contribution in [2.45, 2.75) is 13.0 Å². The molecule has 5 heteroatoms. The summed E-state index contributed by atoms with van der Waals surface area (Å²) in [6.07, 6.45) is 1.31. The van der Waals surface area contributed by atoms with Crippen molar-refractivity contribution in [2.75, 3.05) is 0 Å². The lowest BCUT2D eigenvalue weighted by atomic mass is 10.0. The van der Waals surface area contributed by atoms with Crippen molar-refractivity contribution in [2.24, 2.45) is 0 Å². The Balaban J connectivity index is 1.71. The molecule has 1 heterocycles. The molecule has 0 aliphatic heterocycles. The molecule has 1 amide bonds. The fraction of sp³-hybridized carbons (Fsp3) is 0.118. The predicted octanol–water partition coefficient (Wildman–Crippen LogP) is 2.96. The van der Waals surface area contributed by atoms with E-state index < -0.39 is 0 Å². The van der Waals surface area contributed by atoms with Crippen molar-refractivity contribution in [3.63, 3.8) is 0 Å². The third-order valence-corrected chi connectivity index (χ3v) is 3.50. The molecule has 0 bridgehead atoms. The molecule has 3 aromatic rings. The molecule has 5 nitrogen and oxygen atoms in total. The van der Waals surface area contributed by atoms with Gasteiger partial charge in [-0.3, -0.25) is 9.89 Å². The average Bonchev–Trinajstić information content (AvgIpc) is 3.10. The van der Waals surface area contributed by atoms with Crippen LogP contribution in [0.4, 0.5) is 0 Å². The number of benzene rings is 2. The molecule has 2 N–H and O–H groups in total. The summed E-state index contributed by atoms with van der Waals surface area (Å²) in [6.45, 7) is 1.94. The highest BCUT2D eigenvalue weighted by atomic mass is 16.2. The van der Waals surface area contributed by atoms with Crippen molar-refractivity contribution in [1.29, 1.82) is 0 Å². The fourth-order valence-corrected chi connectivity index (χ4v) is 2.26.